The summed E-state index contributed by atoms with van der Waals surface area (Å²) in [5.41, 5.74) is 11.9. The van der Waals surface area contributed by atoms with E-state index in [1.165, 1.54) is 6.33 Å². The summed E-state index contributed by atoms with van der Waals surface area (Å²) < 4.78 is 1.55. The van der Waals surface area contributed by atoms with Crippen LogP contribution < -0.4 is 11.5 Å². The molecule has 0 radical (unpaired) electrons. The number of nitrogen functional groups attached to an aromatic ring is 2. The number of hydrogen-bond acceptors (Lipinski definition) is 6. The minimum Gasteiger partial charge on any atom is -0.382 e. The molecular weight excluding hydrogens is 184 g/mol. The van der Waals surface area contributed by atoms with Gasteiger partial charge >= 0.3 is 0 Å². The van der Waals surface area contributed by atoms with Gasteiger partial charge in [0.25, 0.3) is 0 Å². The second-order valence-corrected chi connectivity index (χ2v) is 2.70. The number of nitrogens with two attached hydrogens (primary N) is 2. The Labute approximate surface area is 78.8 Å². The summed E-state index contributed by atoms with van der Waals surface area (Å²) >= 11 is 0. The number of aromatic nitrogens is 4. The Kier molecular flexibility index (Phi) is 1.77. The van der Waals surface area contributed by atoms with E-state index in [1.807, 2.05) is 0 Å². The molecule has 0 saturated heterocycles. The molecular formula is C7H8N6O. The van der Waals surface area contributed by atoms with Crippen molar-refractivity contribution in [3.63, 3.8) is 0 Å². The van der Waals surface area contributed by atoms with Crippen molar-refractivity contribution in [1.82, 2.24) is 19.5 Å². The largest absolute Gasteiger partial charge is 0.382 e. The molecule has 0 aliphatic heterocycles. The van der Waals surface area contributed by atoms with Gasteiger partial charge in [0.1, 0.15) is 11.8 Å². The van der Waals surface area contributed by atoms with Crippen molar-refractivity contribution in [3.8, 4) is 0 Å². The molecule has 2 rings (SSSR count). The third-order valence-corrected chi connectivity index (χ3v) is 1.78. The van der Waals surface area contributed by atoms with Crippen molar-refractivity contribution in [2.75, 3.05) is 11.5 Å². The van der Waals surface area contributed by atoms with Gasteiger partial charge in [-0.3, -0.25) is 0 Å². The lowest BCUT2D eigenvalue weighted by atomic mass is 10.5. The normalized spacial score (nSPS) is 10.6. The van der Waals surface area contributed by atoms with Crippen LogP contribution in [0.3, 0.4) is 0 Å². The Hall–Kier alpha value is -2.18. The summed E-state index contributed by atoms with van der Waals surface area (Å²) in [5.74, 6) is 0.291. The lowest BCUT2D eigenvalue weighted by Gasteiger charge is -1.99. The van der Waals surface area contributed by atoms with Gasteiger partial charge in [0.15, 0.2) is 11.5 Å². The number of aldehydes is 1. The van der Waals surface area contributed by atoms with Crippen LogP contribution in [0, 0.1) is 0 Å². The molecule has 2 heterocycles. The van der Waals surface area contributed by atoms with Crippen LogP contribution in [0.4, 0.5) is 11.8 Å². The molecule has 4 N–H and O–H groups in total. The molecule has 0 unspecified atom stereocenters. The third-order valence-electron chi connectivity index (χ3n) is 1.78. The van der Waals surface area contributed by atoms with E-state index < -0.39 is 0 Å². The van der Waals surface area contributed by atoms with Crippen LogP contribution in [-0.2, 0) is 11.3 Å². The predicted molar refractivity (Wildman–Crippen MR) is 50.2 cm³/mol. The number of rotatable bonds is 2. The van der Waals surface area contributed by atoms with E-state index >= 15 is 0 Å². The molecule has 0 bridgehead atoms. The van der Waals surface area contributed by atoms with Crippen molar-refractivity contribution in [2.45, 2.75) is 6.54 Å². The lowest BCUT2D eigenvalue weighted by Crippen LogP contribution is -2.03. The molecule has 0 aliphatic carbocycles. The first-order valence-corrected chi connectivity index (χ1v) is 3.90. The van der Waals surface area contributed by atoms with E-state index in [0.29, 0.717) is 11.2 Å². The van der Waals surface area contributed by atoms with Crippen molar-refractivity contribution in [2.24, 2.45) is 0 Å². The molecule has 0 spiro atoms. The van der Waals surface area contributed by atoms with Gasteiger partial charge < -0.3 is 20.8 Å². The number of carbonyl (C=O) groups excluding carboxylic acids is 1. The first-order chi connectivity index (χ1) is 6.72. The molecule has 72 valence electrons. The van der Waals surface area contributed by atoms with Crippen molar-refractivity contribution in [3.05, 3.63) is 6.33 Å². The highest BCUT2D eigenvalue weighted by Crippen LogP contribution is 2.16. The van der Waals surface area contributed by atoms with Gasteiger partial charge in [-0.1, -0.05) is 0 Å². The maximum Gasteiger partial charge on any atom is 0.224 e. The average Bonchev–Trinajstić information content (AvgIpc) is 2.49. The second-order valence-electron chi connectivity index (χ2n) is 2.70. The Morgan fingerprint density at radius 1 is 1.43 bits per heavy atom. The number of carbonyl (C=O) groups is 1. The molecule has 2 aromatic rings. The molecule has 0 saturated carbocycles. The highest BCUT2D eigenvalue weighted by molar-refractivity contribution is 5.83. The first-order valence-electron chi connectivity index (χ1n) is 3.90. The van der Waals surface area contributed by atoms with E-state index in [9.17, 15) is 4.79 Å². The minimum atomic E-state index is 0.0719. The zero-order valence-electron chi connectivity index (χ0n) is 7.21. The van der Waals surface area contributed by atoms with Crippen molar-refractivity contribution >= 4 is 29.2 Å². The predicted octanol–water partition coefficient (Wildman–Crippen LogP) is -0.810. The van der Waals surface area contributed by atoms with Gasteiger partial charge in [-0.25, -0.2) is 4.98 Å². The first kappa shape index (κ1) is 8.42. The van der Waals surface area contributed by atoms with Gasteiger partial charge in [-0.15, -0.1) is 0 Å². The summed E-state index contributed by atoms with van der Waals surface area (Å²) in [6.45, 7) is 0.173. The van der Waals surface area contributed by atoms with Gasteiger partial charge in [-0.05, 0) is 0 Å². The number of imidazole rings is 1. The fourth-order valence-corrected chi connectivity index (χ4v) is 1.20. The van der Waals surface area contributed by atoms with Gasteiger partial charge in [0, 0.05) is 0 Å². The molecule has 0 fully saturated rings. The zero-order chi connectivity index (χ0) is 10.1. The maximum absolute atomic E-state index is 10.3. The molecule has 0 atom stereocenters. The molecule has 7 heteroatoms. The maximum atomic E-state index is 10.3. The molecule has 2 aromatic heterocycles. The summed E-state index contributed by atoms with van der Waals surface area (Å²) in [6, 6.07) is 0. The smallest absolute Gasteiger partial charge is 0.224 e. The van der Waals surface area contributed by atoms with E-state index in [1.54, 1.807) is 4.57 Å². The van der Waals surface area contributed by atoms with Gasteiger partial charge in [-0.2, -0.15) is 9.97 Å². The van der Waals surface area contributed by atoms with Crippen molar-refractivity contribution in [1.29, 1.82) is 0 Å². The highest BCUT2D eigenvalue weighted by Gasteiger charge is 2.08. The van der Waals surface area contributed by atoms with E-state index in [-0.39, 0.29) is 18.3 Å². The van der Waals surface area contributed by atoms with Crippen LogP contribution in [0.5, 0.6) is 0 Å². The van der Waals surface area contributed by atoms with Crippen LogP contribution in [0.15, 0.2) is 6.33 Å². The van der Waals surface area contributed by atoms with Crippen LogP contribution in [-0.4, -0.2) is 25.8 Å². The molecule has 0 aliphatic rings. The number of nitrogens with zero attached hydrogens (tertiary/aromatic N) is 4. The molecule has 14 heavy (non-hydrogen) atoms. The minimum absolute atomic E-state index is 0.0719. The second kappa shape index (κ2) is 2.95. The van der Waals surface area contributed by atoms with Crippen LogP contribution in [0.1, 0.15) is 0 Å². The molecule has 0 aromatic carbocycles. The summed E-state index contributed by atoms with van der Waals surface area (Å²) in [7, 11) is 0. The third kappa shape index (κ3) is 1.15. The Morgan fingerprint density at radius 2 is 2.21 bits per heavy atom. The Balaban J connectivity index is 2.71. The lowest BCUT2D eigenvalue weighted by molar-refractivity contribution is -0.108. The quantitative estimate of drug-likeness (QED) is 0.601. The summed E-state index contributed by atoms with van der Waals surface area (Å²) in [6.07, 6.45) is 2.22. The van der Waals surface area contributed by atoms with Gasteiger partial charge in [0.05, 0.1) is 12.9 Å². The summed E-state index contributed by atoms with van der Waals surface area (Å²) in [4.78, 5) is 22.0. The molecule has 7 nitrogen and oxygen atoms in total. The monoisotopic (exact) mass is 192 g/mol. The average molecular weight is 192 g/mol. The summed E-state index contributed by atoms with van der Waals surface area (Å²) in [5, 5.41) is 0. The number of fused-ring (bicyclic) bond motifs is 1. The molecule has 0 amide bonds. The van der Waals surface area contributed by atoms with Crippen LogP contribution in [0.2, 0.25) is 0 Å². The zero-order valence-corrected chi connectivity index (χ0v) is 7.21. The number of anilines is 2. The highest BCUT2D eigenvalue weighted by atomic mass is 16.1. The standard InChI is InChI=1S/C7H8N6O/c8-5-4-6(12-7(9)11-5)13(1-2-14)3-10-4/h2-3H,1H2,(H4,8,9,11,12). The fraction of sp³-hybridized carbons (Fsp3) is 0.143. The Bertz CT molecular complexity index is 490. The van der Waals surface area contributed by atoms with Crippen molar-refractivity contribution < 1.29 is 4.79 Å². The topological polar surface area (TPSA) is 113 Å². The van der Waals surface area contributed by atoms with E-state index in [2.05, 4.69) is 15.0 Å². The van der Waals surface area contributed by atoms with E-state index in [0.717, 1.165) is 6.29 Å². The number of hydrogen-bond donors (Lipinski definition) is 2. The Morgan fingerprint density at radius 3 is 2.93 bits per heavy atom. The van der Waals surface area contributed by atoms with Crippen LogP contribution in [0.25, 0.3) is 11.2 Å². The fourth-order valence-electron chi connectivity index (χ4n) is 1.20. The SMILES string of the molecule is Nc1nc(N)c2ncn(CC=O)c2n1. The van der Waals surface area contributed by atoms with Gasteiger partial charge in [0.2, 0.25) is 5.95 Å². The van der Waals surface area contributed by atoms with E-state index in [4.69, 9.17) is 11.5 Å². The van der Waals surface area contributed by atoms with Crippen LogP contribution >= 0.6 is 0 Å².